The van der Waals surface area contributed by atoms with Crippen molar-refractivity contribution in [3.8, 4) is 0 Å². The number of hydrogen-bond donors (Lipinski definition) is 1. The van der Waals surface area contributed by atoms with Gasteiger partial charge in [0.1, 0.15) is 5.82 Å². The van der Waals surface area contributed by atoms with E-state index in [2.05, 4.69) is 81.4 Å². The second-order valence-electron chi connectivity index (χ2n) is 7.52. The topological polar surface area (TPSA) is 36.3 Å². The van der Waals surface area contributed by atoms with Crippen LogP contribution in [-0.2, 0) is 26.7 Å². The molecule has 0 radical (unpaired) electrons. The molecule has 0 saturated carbocycles. The highest BCUT2D eigenvalue weighted by Gasteiger charge is 2.19. The van der Waals surface area contributed by atoms with E-state index in [0.29, 0.717) is 5.92 Å². The van der Waals surface area contributed by atoms with Crippen molar-refractivity contribution >= 4 is 18.2 Å². The van der Waals surface area contributed by atoms with Gasteiger partial charge in [-0.2, -0.15) is 5.10 Å². The average molecular weight is 380 g/mol. The molecule has 5 nitrogen and oxygen atoms in total. The maximum Gasteiger partial charge on any atom is 0.130 e. The SMILES string of the molecule is CC(C)c1nn(C)c(N(C)C)c1CNCc1cccc(CN(C)C)c1.Cl. The van der Waals surface area contributed by atoms with Crippen LogP contribution in [0.25, 0.3) is 0 Å². The Balaban J connectivity index is 0.00000338. The van der Waals surface area contributed by atoms with Gasteiger partial charge in [-0.15, -0.1) is 12.4 Å². The van der Waals surface area contributed by atoms with Crippen molar-refractivity contribution in [1.82, 2.24) is 20.0 Å². The number of benzene rings is 1. The molecule has 0 spiro atoms. The van der Waals surface area contributed by atoms with E-state index < -0.39 is 0 Å². The zero-order valence-corrected chi connectivity index (χ0v) is 18.0. The summed E-state index contributed by atoms with van der Waals surface area (Å²) >= 11 is 0. The maximum absolute atomic E-state index is 4.73. The van der Waals surface area contributed by atoms with Crippen molar-refractivity contribution in [2.75, 3.05) is 33.1 Å². The predicted octanol–water partition coefficient (Wildman–Crippen LogP) is 3.38. The molecule has 0 bridgehead atoms. The van der Waals surface area contributed by atoms with Crippen molar-refractivity contribution in [1.29, 1.82) is 0 Å². The molecule has 2 aromatic rings. The molecule has 0 amide bonds. The van der Waals surface area contributed by atoms with Gasteiger partial charge in [0.25, 0.3) is 0 Å². The zero-order chi connectivity index (χ0) is 18.6. The number of nitrogens with one attached hydrogen (secondary N) is 1. The normalized spacial score (nSPS) is 11.1. The van der Waals surface area contributed by atoms with Gasteiger partial charge in [0, 0.05) is 46.3 Å². The molecule has 1 aromatic carbocycles. The van der Waals surface area contributed by atoms with Crippen molar-refractivity contribution in [3.63, 3.8) is 0 Å². The molecule has 1 aromatic heterocycles. The summed E-state index contributed by atoms with van der Waals surface area (Å²) in [5, 5.41) is 8.34. The van der Waals surface area contributed by atoms with Gasteiger partial charge in [-0.25, -0.2) is 0 Å². The van der Waals surface area contributed by atoms with E-state index >= 15 is 0 Å². The van der Waals surface area contributed by atoms with Gasteiger partial charge >= 0.3 is 0 Å². The summed E-state index contributed by atoms with van der Waals surface area (Å²) in [6.07, 6.45) is 0. The number of hydrogen-bond acceptors (Lipinski definition) is 4. The molecule has 0 unspecified atom stereocenters. The van der Waals surface area contributed by atoms with Crippen LogP contribution in [0.1, 0.15) is 42.1 Å². The van der Waals surface area contributed by atoms with Gasteiger partial charge in [0.15, 0.2) is 0 Å². The van der Waals surface area contributed by atoms with E-state index in [0.717, 1.165) is 19.6 Å². The lowest BCUT2D eigenvalue weighted by Gasteiger charge is -2.16. The van der Waals surface area contributed by atoms with Crippen LogP contribution in [0.5, 0.6) is 0 Å². The Morgan fingerprint density at radius 1 is 1.08 bits per heavy atom. The molecule has 1 heterocycles. The van der Waals surface area contributed by atoms with Gasteiger partial charge in [0.05, 0.1) is 5.69 Å². The van der Waals surface area contributed by atoms with Crippen molar-refractivity contribution in [2.24, 2.45) is 7.05 Å². The number of aryl methyl sites for hydroxylation is 1. The highest BCUT2D eigenvalue weighted by Crippen LogP contribution is 2.27. The summed E-state index contributed by atoms with van der Waals surface area (Å²) in [5.41, 5.74) is 5.15. The van der Waals surface area contributed by atoms with Crippen LogP contribution >= 0.6 is 12.4 Å². The fourth-order valence-electron chi connectivity index (χ4n) is 3.31. The molecule has 0 aliphatic heterocycles. The standard InChI is InChI=1S/C20H33N5.ClH/c1-15(2)19-18(20(24(5)6)25(7)22-19)13-21-12-16-9-8-10-17(11-16)14-23(3)4;/h8-11,15,21H,12-14H2,1-7H3;1H. The van der Waals surface area contributed by atoms with Crippen LogP contribution < -0.4 is 10.2 Å². The summed E-state index contributed by atoms with van der Waals surface area (Å²) in [7, 11) is 10.4. The average Bonchev–Trinajstić information content (AvgIpc) is 2.84. The second kappa shape index (κ2) is 9.95. The van der Waals surface area contributed by atoms with Crippen LogP contribution in [0.2, 0.25) is 0 Å². The van der Waals surface area contributed by atoms with E-state index in [-0.39, 0.29) is 12.4 Å². The van der Waals surface area contributed by atoms with E-state index in [9.17, 15) is 0 Å². The number of anilines is 1. The van der Waals surface area contributed by atoms with Crippen LogP contribution in [-0.4, -0.2) is 42.9 Å². The monoisotopic (exact) mass is 379 g/mol. The smallest absolute Gasteiger partial charge is 0.130 e. The van der Waals surface area contributed by atoms with Crippen molar-refractivity contribution in [2.45, 2.75) is 39.4 Å². The fourth-order valence-corrected chi connectivity index (χ4v) is 3.31. The van der Waals surface area contributed by atoms with Crippen molar-refractivity contribution < 1.29 is 0 Å². The van der Waals surface area contributed by atoms with Crippen LogP contribution in [0.3, 0.4) is 0 Å². The molecule has 0 saturated heterocycles. The molecule has 0 fully saturated rings. The summed E-state index contributed by atoms with van der Waals surface area (Å²) in [6, 6.07) is 8.80. The Labute approximate surface area is 164 Å². The lowest BCUT2D eigenvalue weighted by molar-refractivity contribution is 0.402. The third-order valence-electron chi connectivity index (χ3n) is 4.23. The molecule has 1 N–H and O–H groups in total. The first kappa shape index (κ1) is 22.5. The van der Waals surface area contributed by atoms with E-state index in [4.69, 9.17) is 5.10 Å². The molecule has 6 heteroatoms. The molecule has 0 aliphatic carbocycles. The minimum absolute atomic E-state index is 0. The zero-order valence-electron chi connectivity index (χ0n) is 17.2. The number of aromatic nitrogens is 2. The Kier molecular flexibility index (Phi) is 8.60. The first-order chi connectivity index (χ1) is 11.8. The third-order valence-corrected chi connectivity index (χ3v) is 4.23. The molecular formula is C20H34ClN5. The van der Waals surface area contributed by atoms with Gasteiger partial charge in [-0.1, -0.05) is 38.1 Å². The highest BCUT2D eigenvalue weighted by atomic mass is 35.5. The van der Waals surface area contributed by atoms with Crippen molar-refractivity contribution in [3.05, 3.63) is 46.6 Å². The molecule has 2 rings (SSSR count). The summed E-state index contributed by atoms with van der Waals surface area (Å²) in [5.74, 6) is 1.60. The molecule has 0 atom stereocenters. The summed E-state index contributed by atoms with van der Waals surface area (Å²) in [4.78, 5) is 4.34. The minimum atomic E-state index is 0. The number of nitrogens with zero attached hydrogens (tertiary/aromatic N) is 4. The van der Waals surface area contributed by atoms with Gasteiger partial charge in [-0.3, -0.25) is 4.68 Å². The predicted molar refractivity (Wildman–Crippen MR) is 113 cm³/mol. The number of halogens is 1. The Bertz CT molecular complexity index is 692. The lowest BCUT2D eigenvalue weighted by Crippen LogP contribution is -2.19. The Hall–Kier alpha value is -1.56. The fraction of sp³-hybridized carbons (Fsp3) is 0.550. The van der Waals surface area contributed by atoms with Gasteiger partial charge in [0.2, 0.25) is 0 Å². The molecular weight excluding hydrogens is 346 g/mol. The van der Waals surface area contributed by atoms with Crippen LogP contribution in [0.4, 0.5) is 5.82 Å². The Morgan fingerprint density at radius 3 is 2.31 bits per heavy atom. The first-order valence-electron chi connectivity index (χ1n) is 8.96. The highest BCUT2D eigenvalue weighted by molar-refractivity contribution is 5.85. The maximum atomic E-state index is 4.73. The quantitative estimate of drug-likeness (QED) is 0.762. The molecule has 146 valence electrons. The van der Waals surface area contributed by atoms with E-state index in [1.807, 2.05) is 11.7 Å². The Morgan fingerprint density at radius 2 is 1.73 bits per heavy atom. The minimum Gasteiger partial charge on any atom is -0.363 e. The third kappa shape index (κ3) is 5.73. The molecule has 0 aliphatic rings. The summed E-state index contributed by atoms with van der Waals surface area (Å²) in [6.45, 7) is 7.07. The van der Waals surface area contributed by atoms with Crippen LogP contribution in [0, 0.1) is 0 Å². The van der Waals surface area contributed by atoms with Gasteiger partial charge < -0.3 is 15.1 Å². The van der Waals surface area contributed by atoms with E-state index in [1.165, 1.54) is 28.2 Å². The molecule has 26 heavy (non-hydrogen) atoms. The number of rotatable bonds is 8. The largest absolute Gasteiger partial charge is 0.363 e. The summed E-state index contributed by atoms with van der Waals surface area (Å²) < 4.78 is 1.99. The second-order valence-corrected chi connectivity index (χ2v) is 7.52. The van der Waals surface area contributed by atoms with Gasteiger partial charge in [-0.05, 0) is 31.1 Å². The van der Waals surface area contributed by atoms with E-state index in [1.54, 1.807) is 0 Å². The lowest BCUT2D eigenvalue weighted by atomic mass is 10.0. The van der Waals surface area contributed by atoms with Crippen LogP contribution in [0.15, 0.2) is 24.3 Å². The first-order valence-corrected chi connectivity index (χ1v) is 8.96.